The summed E-state index contributed by atoms with van der Waals surface area (Å²) in [6.07, 6.45) is 0.780. The number of carbonyl (C=O) groups excluding carboxylic acids is 2. The van der Waals surface area contributed by atoms with Crippen molar-refractivity contribution in [1.82, 2.24) is 0 Å². The van der Waals surface area contributed by atoms with Crippen LogP contribution in [-0.2, 0) is 11.2 Å². The fourth-order valence-corrected chi connectivity index (χ4v) is 4.56. The number of hydrogen-bond donors (Lipinski definition) is 1. The van der Waals surface area contributed by atoms with E-state index in [1.807, 2.05) is 78.9 Å². The molecule has 5 heteroatoms. The lowest BCUT2D eigenvalue weighted by molar-refractivity contribution is -0.116. The molecule has 0 aromatic heterocycles. The Morgan fingerprint density at radius 3 is 2.06 bits per heavy atom. The number of ether oxygens (including phenoxy) is 1. The third kappa shape index (κ3) is 4.66. The molecule has 1 N–H and O–H groups in total. The van der Waals surface area contributed by atoms with E-state index in [4.69, 9.17) is 4.74 Å². The van der Waals surface area contributed by atoms with E-state index in [1.54, 1.807) is 36.3 Å². The average molecular weight is 463 g/mol. The lowest BCUT2D eigenvalue weighted by Crippen LogP contribution is -2.29. The summed E-state index contributed by atoms with van der Waals surface area (Å²) in [6, 6.07) is 32.4. The van der Waals surface area contributed by atoms with Gasteiger partial charge in [0.25, 0.3) is 5.91 Å². The van der Waals surface area contributed by atoms with Gasteiger partial charge in [-0.2, -0.15) is 0 Å². The number of benzene rings is 4. The molecule has 1 heterocycles. The second-order valence-electron chi connectivity index (χ2n) is 8.52. The van der Waals surface area contributed by atoms with Crippen molar-refractivity contribution in [3.8, 4) is 5.75 Å². The Kier molecular flexibility index (Phi) is 6.31. The van der Waals surface area contributed by atoms with Gasteiger partial charge in [0.2, 0.25) is 5.91 Å². The molecule has 0 saturated carbocycles. The van der Waals surface area contributed by atoms with Crippen LogP contribution < -0.4 is 15.0 Å². The number of amides is 2. The predicted octanol–water partition coefficient (Wildman–Crippen LogP) is 5.67. The van der Waals surface area contributed by atoms with Crippen molar-refractivity contribution in [2.75, 3.05) is 23.9 Å². The molecule has 4 aromatic rings. The zero-order valence-electron chi connectivity index (χ0n) is 19.5. The van der Waals surface area contributed by atoms with E-state index in [2.05, 4.69) is 5.32 Å². The number of anilines is 2. The molecule has 5 rings (SSSR count). The molecule has 1 aliphatic rings. The molecular weight excluding hydrogens is 436 g/mol. The van der Waals surface area contributed by atoms with Gasteiger partial charge in [-0.15, -0.1) is 0 Å². The summed E-state index contributed by atoms with van der Waals surface area (Å²) in [6.45, 7) is 0.605. The van der Waals surface area contributed by atoms with Gasteiger partial charge in [0.15, 0.2) is 0 Å². The summed E-state index contributed by atoms with van der Waals surface area (Å²) >= 11 is 0. The van der Waals surface area contributed by atoms with Gasteiger partial charge in [0.1, 0.15) is 5.75 Å². The largest absolute Gasteiger partial charge is 0.497 e. The number of carbonyl (C=O) groups is 2. The molecule has 0 radical (unpaired) electrons. The van der Waals surface area contributed by atoms with Crippen LogP contribution >= 0.6 is 0 Å². The van der Waals surface area contributed by atoms with Crippen LogP contribution in [0.5, 0.6) is 5.75 Å². The molecule has 0 spiro atoms. The first-order valence-corrected chi connectivity index (χ1v) is 11.6. The predicted molar refractivity (Wildman–Crippen MR) is 138 cm³/mol. The van der Waals surface area contributed by atoms with Crippen LogP contribution in [0, 0.1) is 0 Å². The summed E-state index contributed by atoms with van der Waals surface area (Å²) in [5.74, 6) is 0.0807. The minimum atomic E-state index is -0.442. The van der Waals surface area contributed by atoms with Crippen molar-refractivity contribution in [3.05, 3.63) is 125 Å². The van der Waals surface area contributed by atoms with Crippen LogP contribution in [0.1, 0.15) is 33.0 Å². The standard InChI is InChI=1S/C30H26N2O3/c1-35-26-16-13-24(14-17-26)30(34)32-19-18-21-12-15-25(20-27(21)32)31-29(33)28(22-8-4-2-5-9-22)23-10-6-3-7-11-23/h2-17,20,28H,18-19H2,1H3,(H,31,33). The Bertz CT molecular complexity index is 1300. The molecule has 4 aromatic carbocycles. The lowest BCUT2D eigenvalue weighted by atomic mass is 9.90. The van der Waals surface area contributed by atoms with E-state index >= 15 is 0 Å². The van der Waals surface area contributed by atoms with Gasteiger partial charge in [-0.3, -0.25) is 9.59 Å². The van der Waals surface area contributed by atoms with Gasteiger partial charge >= 0.3 is 0 Å². The number of nitrogens with zero attached hydrogens (tertiary/aromatic N) is 1. The molecule has 1 aliphatic heterocycles. The third-order valence-corrected chi connectivity index (χ3v) is 6.36. The first-order chi connectivity index (χ1) is 17.1. The first-order valence-electron chi connectivity index (χ1n) is 11.6. The molecule has 0 unspecified atom stereocenters. The second kappa shape index (κ2) is 9.85. The highest BCUT2D eigenvalue weighted by molar-refractivity contribution is 6.08. The monoisotopic (exact) mass is 462 g/mol. The van der Waals surface area contributed by atoms with Crippen LogP contribution in [0.3, 0.4) is 0 Å². The van der Waals surface area contributed by atoms with Gasteiger partial charge in [-0.25, -0.2) is 0 Å². The van der Waals surface area contributed by atoms with Crippen molar-refractivity contribution in [2.24, 2.45) is 0 Å². The van der Waals surface area contributed by atoms with Crippen LogP contribution in [0.15, 0.2) is 103 Å². The lowest BCUT2D eigenvalue weighted by Gasteiger charge is -2.20. The Morgan fingerprint density at radius 1 is 0.829 bits per heavy atom. The van der Waals surface area contributed by atoms with E-state index in [0.29, 0.717) is 23.5 Å². The number of methoxy groups -OCH3 is 1. The Morgan fingerprint density at radius 2 is 1.46 bits per heavy atom. The Balaban J connectivity index is 1.40. The Hall–Kier alpha value is -4.38. The van der Waals surface area contributed by atoms with Gasteiger partial charge in [-0.1, -0.05) is 66.7 Å². The fraction of sp³-hybridized carbons (Fsp3) is 0.133. The average Bonchev–Trinajstić information content (AvgIpc) is 3.33. The van der Waals surface area contributed by atoms with Gasteiger partial charge in [0, 0.05) is 23.5 Å². The summed E-state index contributed by atoms with van der Waals surface area (Å²) < 4.78 is 5.20. The maximum absolute atomic E-state index is 13.5. The van der Waals surface area contributed by atoms with E-state index in [9.17, 15) is 9.59 Å². The number of rotatable bonds is 6. The van der Waals surface area contributed by atoms with Crippen molar-refractivity contribution in [2.45, 2.75) is 12.3 Å². The second-order valence-corrected chi connectivity index (χ2v) is 8.52. The maximum Gasteiger partial charge on any atom is 0.258 e. The molecule has 35 heavy (non-hydrogen) atoms. The molecule has 5 nitrogen and oxygen atoms in total. The Labute approximate surface area is 205 Å². The van der Waals surface area contributed by atoms with Crippen LogP contribution in [0.4, 0.5) is 11.4 Å². The highest BCUT2D eigenvalue weighted by Gasteiger charge is 2.27. The topological polar surface area (TPSA) is 58.6 Å². The van der Waals surface area contributed by atoms with E-state index in [-0.39, 0.29) is 11.8 Å². The SMILES string of the molecule is COc1ccc(C(=O)N2CCc3ccc(NC(=O)C(c4ccccc4)c4ccccc4)cc32)cc1. The molecule has 0 bridgehead atoms. The summed E-state index contributed by atoms with van der Waals surface area (Å²) in [4.78, 5) is 28.5. The summed E-state index contributed by atoms with van der Waals surface area (Å²) in [5.41, 5.74) is 5.04. The first kappa shape index (κ1) is 22.4. The van der Waals surface area contributed by atoms with Crippen LogP contribution in [0.25, 0.3) is 0 Å². The van der Waals surface area contributed by atoms with Crippen molar-refractivity contribution < 1.29 is 14.3 Å². The highest BCUT2D eigenvalue weighted by atomic mass is 16.5. The zero-order chi connectivity index (χ0) is 24.2. The molecule has 0 fully saturated rings. The van der Waals surface area contributed by atoms with Crippen LogP contribution in [-0.4, -0.2) is 25.5 Å². The smallest absolute Gasteiger partial charge is 0.258 e. The molecule has 0 atom stereocenters. The quantitative estimate of drug-likeness (QED) is 0.402. The molecule has 0 saturated heterocycles. The summed E-state index contributed by atoms with van der Waals surface area (Å²) in [7, 11) is 1.60. The fourth-order valence-electron chi connectivity index (χ4n) is 4.56. The van der Waals surface area contributed by atoms with Gasteiger partial charge in [0.05, 0.1) is 13.0 Å². The van der Waals surface area contributed by atoms with Gasteiger partial charge < -0.3 is 15.0 Å². The van der Waals surface area contributed by atoms with Crippen molar-refractivity contribution >= 4 is 23.2 Å². The third-order valence-electron chi connectivity index (χ3n) is 6.36. The maximum atomic E-state index is 13.5. The molecule has 2 amide bonds. The van der Waals surface area contributed by atoms with Crippen molar-refractivity contribution in [1.29, 1.82) is 0 Å². The highest BCUT2D eigenvalue weighted by Crippen LogP contribution is 2.33. The van der Waals surface area contributed by atoms with E-state index in [0.717, 1.165) is 28.8 Å². The number of fused-ring (bicyclic) bond motifs is 1. The summed E-state index contributed by atoms with van der Waals surface area (Å²) in [5, 5.41) is 3.09. The number of nitrogens with one attached hydrogen (secondary N) is 1. The minimum Gasteiger partial charge on any atom is -0.497 e. The van der Waals surface area contributed by atoms with E-state index in [1.165, 1.54) is 0 Å². The zero-order valence-corrected chi connectivity index (χ0v) is 19.5. The number of hydrogen-bond acceptors (Lipinski definition) is 3. The van der Waals surface area contributed by atoms with Crippen molar-refractivity contribution in [3.63, 3.8) is 0 Å². The van der Waals surface area contributed by atoms with Crippen LogP contribution in [0.2, 0.25) is 0 Å². The molecule has 174 valence electrons. The van der Waals surface area contributed by atoms with E-state index < -0.39 is 5.92 Å². The molecular formula is C30H26N2O3. The molecule has 0 aliphatic carbocycles. The normalized spacial score (nSPS) is 12.3. The minimum absolute atomic E-state index is 0.0682. The van der Waals surface area contributed by atoms with Gasteiger partial charge in [-0.05, 0) is 59.5 Å².